The van der Waals surface area contributed by atoms with Crippen molar-refractivity contribution in [2.45, 2.75) is 51.7 Å². The van der Waals surface area contributed by atoms with Crippen molar-refractivity contribution >= 4 is 17.8 Å². The van der Waals surface area contributed by atoms with Crippen LogP contribution in [0.1, 0.15) is 27.2 Å². The lowest BCUT2D eigenvalue weighted by molar-refractivity contribution is -0.240. The molecule has 0 bridgehead atoms. The molecule has 0 aliphatic carbocycles. The zero-order valence-electron chi connectivity index (χ0n) is 12.6. The number of nitrogens with one attached hydrogen (secondary N) is 1. The average Bonchev–Trinajstić information content (AvgIpc) is 2.36. The summed E-state index contributed by atoms with van der Waals surface area (Å²) in [7, 11) is 1.44. The number of carbonyl (C=O) groups excluding carboxylic acids is 3. The van der Waals surface area contributed by atoms with Crippen LogP contribution in [0.25, 0.3) is 0 Å². The predicted molar refractivity (Wildman–Crippen MR) is 70.1 cm³/mol. The highest BCUT2D eigenvalue weighted by atomic mass is 16.7. The molecule has 0 aromatic carbocycles. The van der Waals surface area contributed by atoms with Gasteiger partial charge in [-0.05, 0) is 0 Å². The number of rotatable bonds is 5. The van der Waals surface area contributed by atoms with Crippen molar-refractivity contribution in [3.8, 4) is 0 Å². The first-order valence-electron chi connectivity index (χ1n) is 6.59. The summed E-state index contributed by atoms with van der Waals surface area (Å²) in [6.07, 6.45) is -1.68. The zero-order chi connectivity index (χ0) is 16.0. The highest BCUT2D eigenvalue weighted by Crippen LogP contribution is 2.24. The standard InChI is InChI=1S/C13H21NO7/c1-7(15)14-10-5-11(20-9(3)17)12(6-19-8(2)16)21-13(10)18-4/h10-13H,5-6H2,1-4H3,(H,14,15)/t10-,11+,12-,13+/m1/s1. The van der Waals surface area contributed by atoms with Gasteiger partial charge in [0.1, 0.15) is 18.8 Å². The van der Waals surface area contributed by atoms with Crippen molar-refractivity contribution < 1.29 is 33.3 Å². The average molecular weight is 303 g/mol. The number of ether oxygens (including phenoxy) is 4. The minimum atomic E-state index is -0.707. The second kappa shape index (κ2) is 7.94. The molecule has 120 valence electrons. The first kappa shape index (κ1) is 17.4. The van der Waals surface area contributed by atoms with E-state index in [9.17, 15) is 14.4 Å². The Morgan fingerprint density at radius 1 is 1.19 bits per heavy atom. The van der Waals surface area contributed by atoms with Crippen LogP contribution in [0.3, 0.4) is 0 Å². The Morgan fingerprint density at radius 3 is 2.33 bits per heavy atom. The number of methoxy groups -OCH3 is 1. The molecule has 1 heterocycles. The largest absolute Gasteiger partial charge is 0.463 e. The molecule has 1 saturated heterocycles. The first-order chi connectivity index (χ1) is 9.83. The summed E-state index contributed by atoms with van der Waals surface area (Å²) < 4.78 is 20.9. The third-order valence-corrected chi connectivity index (χ3v) is 2.93. The molecule has 1 amide bonds. The van der Waals surface area contributed by atoms with Crippen molar-refractivity contribution in [2.24, 2.45) is 0 Å². The second-order valence-corrected chi connectivity index (χ2v) is 4.77. The van der Waals surface area contributed by atoms with E-state index in [4.69, 9.17) is 18.9 Å². The third-order valence-electron chi connectivity index (χ3n) is 2.93. The van der Waals surface area contributed by atoms with Crippen LogP contribution >= 0.6 is 0 Å². The summed E-state index contributed by atoms with van der Waals surface area (Å²) in [5.41, 5.74) is 0. The van der Waals surface area contributed by atoms with Crippen molar-refractivity contribution in [1.82, 2.24) is 5.32 Å². The van der Waals surface area contributed by atoms with Gasteiger partial charge in [0.25, 0.3) is 0 Å². The van der Waals surface area contributed by atoms with E-state index in [0.717, 1.165) is 0 Å². The van der Waals surface area contributed by atoms with E-state index < -0.39 is 36.5 Å². The van der Waals surface area contributed by atoms with Gasteiger partial charge in [-0.3, -0.25) is 14.4 Å². The topological polar surface area (TPSA) is 100 Å². The monoisotopic (exact) mass is 303 g/mol. The van der Waals surface area contributed by atoms with Crippen LogP contribution in [0.5, 0.6) is 0 Å². The smallest absolute Gasteiger partial charge is 0.302 e. The predicted octanol–water partition coefficient (Wildman–Crippen LogP) is -0.253. The first-order valence-corrected chi connectivity index (χ1v) is 6.59. The molecule has 1 aliphatic rings. The number of hydrogen-bond donors (Lipinski definition) is 1. The molecule has 0 aromatic rings. The molecule has 4 atom stereocenters. The lowest BCUT2D eigenvalue weighted by Crippen LogP contribution is -2.56. The van der Waals surface area contributed by atoms with E-state index in [0.29, 0.717) is 6.42 Å². The fourth-order valence-corrected chi connectivity index (χ4v) is 2.16. The normalized spacial score (nSPS) is 28.6. The molecule has 0 radical (unpaired) electrons. The van der Waals surface area contributed by atoms with Crippen LogP contribution in [0.2, 0.25) is 0 Å². The summed E-state index contributed by atoms with van der Waals surface area (Å²) in [4.78, 5) is 33.3. The minimum Gasteiger partial charge on any atom is -0.463 e. The van der Waals surface area contributed by atoms with Gasteiger partial charge < -0.3 is 24.3 Å². The summed E-state index contributed by atoms with van der Waals surface area (Å²) in [5.74, 6) is -1.18. The molecular formula is C13H21NO7. The molecule has 8 heteroatoms. The maximum absolute atomic E-state index is 11.2. The number of hydrogen-bond acceptors (Lipinski definition) is 7. The zero-order valence-corrected chi connectivity index (χ0v) is 12.6. The van der Waals surface area contributed by atoms with Crippen LogP contribution in [-0.2, 0) is 33.3 Å². The van der Waals surface area contributed by atoms with Gasteiger partial charge in [0.15, 0.2) is 6.29 Å². The minimum absolute atomic E-state index is 0.0556. The summed E-state index contributed by atoms with van der Waals surface area (Å²) in [6.45, 7) is 3.87. The Labute approximate surface area is 123 Å². The van der Waals surface area contributed by atoms with Crippen LogP contribution in [-0.4, -0.2) is 56.1 Å². The highest BCUT2D eigenvalue weighted by molar-refractivity contribution is 5.73. The molecule has 0 unspecified atom stereocenters. The Hall–Kier alpha value is -1.67. The van der Waals surface area contributed by atoms with E-state index in [2.05, 4.69) is 5.32 Å². The number of carbonyl (C=O) groups is 3. The summed E-state index contributed by atoms with van der Waals surface area (Å²) in [5, 5.41) is 2.68. The van der Waals surface area contributed by atoms with Gasteiger partial charge in [-0.15, -0.1) is 0 Å². The molecule has 1 rings (SSSR count). The van der Waals surface area contributed by atoms with E-state index in [1.165, 1.54) is 27.9 Å². The van der Waals surface area contributed by atoms with Gasteiger partial charge in [-0.1, -0.05) is 0 Å². The van der Waals surface area contributed by atoms with E-state index >= 15 is 0 Å². The Bertz CT molecular complexity index is 398. The number of esters is 2. The Morgan fingerprint density at radius 2 is 1.86 bits per heavy atom. The SMILES string of the molecule is CO[C@H]1O[C@H](COC(C)=O)[C@@H](OC(C)=O)C[C@H]1NC(C)=O. The Kier molecular flexibility index (Phi) is 6.57. The van der Waals surface area contributed by atoms with Crippen molar-refractivity contribution in [3.05, 3.63) is 0 Å². The van der Waals surface area contributed by atoms with Crippen molar-refractivity contribution in [3.63, 3.8) is 0 Å². The molecule has 0 saturated carbocycles. The van der Waals surface area contributed by atoms with Crippen molar-refractivity contribution in [2.75, 3.05) is 13.7 Å². The van der Waals surface area contributed by atoms with Crippen molar-refractivity contribution in [1.29, 1.82) is 0 Å². The van der Waals surface area contributed by atoms with Crippen LogP contribution in [0.15, 0.2) is 0 Å². The fraction of sp³-hybridized carbons (Fsp3) is 0.769. The molecular weight excluding hydrogens is 282 g/mol. The van der Waals surface area contributed by atoms with Gasteiger partial charge >= 0.3 is 11.9 Å². The maximum Gasteiger partial charge on any atom is 0.302 e. The van der Waals surface area contributed by atoms with Gasteiger partial charge in [-0.2, -0.15) is 0 Å². The molecule has 1 aliphatic heterocycles. The van der Waals surface area contributed by atoms with Gasteiger partial charge in [0, 0.05) is 34.3 Å². The van der Waals surface area contributed by atoms with Gasteiger partial charge in [0.2, 0.25) is 5.91 Å². The quantitative estimate of drug-likeness (QED) is 0.699. The van der Waals surface area contributed by atoms with E-state index in [1.54, 1.807) is 0 Å². The highest BCUT2D eigenvalue weighted by Gasteiger charge is 2.41. The van der Waals surface area contributed by atoms with Crippen LogP contribution < -0.4 is 5.32 Å². The summed E-state index contributed by atoms with van der Waals surface area (Å²) in [6, 6.07) is -0.453. The lowest BCUT2D eigenvalue weighted by atomic mass is 10.00. The van der Waals surface area contributed by atoms with Crippen LogP contribution in [0, 0.1) is 0 Å². The number of amides is 1. The second-order valence-electron chi connectivity index (χ2n) is 4.77. The lowest BCUT2D eigenvalue weighted by Gasteiger charge is -2.39. The molecule has 21 heavy (non-hydrogen) atoms. The van der Waals surface area contributed by atoms with Gasteiger partial charge in [-0.25, -0.2) is 0 Å². The maximum atomic E-state index is 11.2. The Balaban J connectivity index is 2.78. The van der Waals surface area contributed by atoms with E-state index in [1.807, 2.05) is 0 Å². The van der Waals surface area contributed by atoms with Crippen LogP contribution in [0.4, 0.5) is 0 Å². The summed E-state index contributed by atoms with van der Waals surface area (Å²) >= 11 is 0. The molecule has 1 N–H and O–H groups in total. The molecule has 0 aromatic heterocycles. The van der Waals surface area contributed by atoms with Gasteiger partial charge in [0.05, 0.1) is 6.04 Å². The third kappa shape index (κ3) is 5.68. The fourth-order valence-electron chi connectivity index (χ4n) is 2.16. The van der Waals surface area contributed by atoms with E-state index in [-0.39, 0.29) is 12.5 Å². The molecule has 1 fully saturated rings. The molecule has 8 nitrogen and oxygen atoms in total. The molecule has 0 spiro atoms.